The Labute approximate surface area is 140 Å². The van der Waals surface area contributed by atoms with Crippen LogP contribution in [0.1, 0.15) is 54.5 Å². The fourth-order valence-electron chi connectivity index (χ4n) is 3.07. The van der Waals surface area contributed by atoms with Crippen LogP contribution in [0.5, 0.6) is 0 Å². The van der Waals surface area contributed by atoms with Crippen LogP contribution in [0.25, 0.3) is 0 Å². The van der Waals surface area contributed by atoms with Crippen molar-refractivity contribution in [3.05, 3.63) is 46.0 Å². The first kappa shape index (κ1) is 16.4. The average Bonchev–Trinajstić information content (AvgIpc) is 3.02. The highest BCUT2D eigenvalue weighted by atomic mass is 16.5. The molecule has 3 heterocycles. The van der Waals surface area contributed by atoms with E-state index < -0.39 is 0 Å². The first-order chi connectivity index (χ1) is 11.5. The highest BCUT2D eigenvalue weighted by Crippen LogP contribution is 2.26. The van der Waals surface area contributed by atoms with Gasteiger partial charge in [-0.15, -0.1) is 0 Å². The summed E-state index contributed by atoms with van der Waals surface area (Å²) < 4.78 is 5.21. The lowest BCUT2D eigenvalue weighted by atomic mass is 9.93. The van der Waals surface area contributed by atoms with E-state index in [0.29, 0.717) is 24.8 Å². The molecule has 3 rings (SSSR count). The summed E-state index contributed by atoms with van der Waals surface area (Å²) in [5, 5.41) is 3.97. The molecule has 0 bridgehead atoms. The number of H-pyrrole nitrogens is 1. The topological polar surface area (TPSA) is 92.1 Å². The Hall–Kier alpha value is -2.44. The molecule has 1 fully saturated rings. The molecule has 7 nitrogen and oxygen atoms in total. The van der Waals surface area contributed by atoms with Gasteiger partial charge in [0.1, 0.15) is 0 Å². The Kier molecular flexibility index (Phi) is 4.78. The van der Waals surface area contributed by atoms with Crippen molar-refractivity contribution in [1.82, 2.24) is 20.0 Å². The SMILES string of the molecule is CC(C)Cc1cc(C(=O)N2CCC(c3cc(=O)[nH]cn3)CC2)on1. The van der Waals surface area contributed by atoms with Crippen molar-refractivity contribution in [2.75, 3.05) is 13.1 Å². The molecule has 0 aliphatic carbocycles. The normalized spacial score (nSPS) is 15.9. The van der Waals surface area contributed by atoms with Gasteiger partial charge in [0.05, 0.1) is 17.7 Å². The van der Waals surface area contributed by atoms with E-state index in [2.05, 4.69) is 29.0 Å². The highest BCUT2D eigenvalue weighted by molar-refractivity contribution is 5.91. The van der Waals surface area contributed by atoms with E-state index in [-0.39, 0.29) is 17.4 Å². The van der Waals surface area contributed by atoms with E-state index in [1.807, 2.05) is 0 Å². The molecule has 1 aliphatic heterocycles. The molecule has 0 spiro atoms. The van der Waals surface area contributed by atoms with Gasteiger partial charge in [-0.1, -0.05) is 19.0 Å². The van der Waals surface area contributed by atoms with Crippen molar-refractivity contribution < 1.29 is 9.32 Å². The Morgan fingerprint density at radius 1 is 1.38 bits per heavy atom. The van der Waals surface area contributed by atoms with Gasteiger partial charge in [-0.2, -0.15) is 0 Å². The van der Waals surface area contributed by atoms with Crippen LogP contribution in [-0.4, -0.2) is 39.0 Å². The molecule has 0 radical (unpaired) electrons. The third-order valence-electron chi connectivity index (χ3n) is 4.29. The van der Waals surface area contributed by atoms with Crippen LogP contribution >= 0.6 is 0 Å². The van der Waals surface area contributed by atoms with Gasteiger partial charge in [0.15, 0.2) is 0 Å². The van der Waals surface area contributed by atoms with Crippen LogP contribution in [-0.2, 0) is 6.42 Å². The fraction of sp³-hybridized carbons (Fsp3) is 0.529. The van der Waals surface area contributed by atoms with Crippen LogP contribution < -0.4 is 5.56 Å². The molecule has 2 aromatic heterocycles. The molecule has 2 aromatic rings. The van der Waals surface area contributed by atoms with Crippen LogP contribution in [0.4, 0.5) is 0 Å². The summed E-state index contributed by atoms with van der Waals surface area (Å²) in [5.41, 5.74) is 1.47. The van der Waals surface area contributed by atoms with Crippen molar-refractivity contribution in [3.8, 4) is 0 Å². The van der Waals surface area contributed by atoms with Crippen molar-refractivity contribution in [1.29, 1.82) is 0 Å². The van der Waals surface area contributed by atoms with Crippen LogP contribution in [0.2, 0.25) is 0 Å². The zero-order valence-corrected chi connectivity index (χ0v) is 14.0. The number of nitrogens with zero attached hydrogens (tertiary/aromatic N) is 3. The number of piperidine rings is 1. The van der Waals surface area contributed by atoms with E-state index in [4.69, 9.17) is 4.52 Å². The van der Waals surface area contributed by atoms with Gasteiger partial charge in [-0.25, -0.2) is 4.98 Å². The summed E-state index contributed by atoms with van der Waals surface area (Å²) in [6.07, 6.45) is 3.80. The molecule has 7 heteroatoms. The van der Waals surface area contributed by atoms with Crippen molar-refractivity contribution in [3.63, 3.8) is 0 Å². The van der Waals surface area contributed by atoms with Gasteiger partial charge in [0, 0.05) is 31.1 Å². The molecule has 0 saturated carbocycles. The number of amides is 1. The number of hydrogen-bond acceptors (Lipinski definition) is 5. The van der Waals surface area contributed by atoms with E-state index in [9.17, 15) is 9.59 Å². The Bertz CT molecular complexity index is 757. The van der Waals surface area contributed by atoms with E-state index >= 15 is 0 Å². The van der Waals surface area contributed by atoms with Crippen LogP contribution in [0, 0.1) is 5.92 Å². The summed E-state index contributed by atoms with van der Waals surface area (Å²) >= 11 is 0. The van der Waals surface area contributed by atoms with Gasteiger partial charge >= 0.3 is 0 Å². The quantitative estimate of drug-likeness (QED) is 0.925. The highest BCUT2D eigenvalue weighted by Gasteiger charge is 2.27. The minimum Gasteiger partial charge on any atom is -0.351 e. The molecule has 1 aliphatic rings. The lowest BCUT2D eigenvalue weighted by Gasteiger charge is -2.30. The first-order valence-electron chi connectivity index (χ1n) is 8.32. The zero-order valence-electron chi connectivity index (χ0n) is 14.0. The van der Waals surface area contributed by atoms with Crippen molar-refractivity contribution in [2.24, 2.45) is 5.92 Å². The summed E-state index contributed by atoms with van der Waals surface area (Å²) in [7, 11) is 0. The number of aromatic amines is 1. The second-order valence-electron chi connectivity index (χ2n) is 6.68. The summed E-state index contributed by atoms with van der Waals surface area (Å²) in [5.74, 6) is 0.867. The number of nitrogens with one attached hydrogen (secondary N) is 1. The molecular formula is C17H22N4O3. The van der Waals surface area contributed by atoms with Gasteiger partial charge < -0.3 is 14.4 Å². The Morgan fingerprint density at radius 3 is 2.79 bits per heavy atom. The second-order valence-corrected chi connectivity index (χ2v) is 6.68. The maximum Gasteiger partial charge on any atom is 0.292 e. The second kappa shape index (κ2) is 6.98. The minimum atomic E-state index is -0.141. The summed E-state index contributed by atoms with van der Waals surface area (Å²) in [4.78, 5) is 32.4. The van der Waals surface area contributed by atoms with Gasteiger partial charge in [-0.3, -0.25) is 9.59 Å². The lowest BCUT2D eigenvalue weighted by molar-refractivity contribution is 0.0670. The molecule has 0 unspecified atom stereocenters. The molecule has 0 aromatic carbocycles. The number of carbonyl (C=O) groups is 1. The van der Waals surface area contributed by atoms with Crippen LogP contribution in [0.3, 0.4) is 0 Å². The molecule has 0 atom stereocenters. The minimum absolute atomic E-state index is 0.116. The summed E-state index contributed by atoms with van der Waals surface area (Å²) in [6.45, 7) is 5.45. The van der Waals surface area contributed by atoms with E-state index in [0.717, 1.165) is 30.7 Å². The third kappa shape index (κ3) is 3.72. The van der Waals surface area contributed by atoms with Crippen molar-refractivity contribution >= 4 is 5.91 Å². The van der Waals surface area contributed by atoms with E-state index in [1.165, 1.54) is 12.4 Å². The molecular weight excluding hydrogens is 308 g/mol. The standard InChI is InChI=1S/C17H22N4O3/c1-11(2)7-13-8-15(24-20-13)17(23)21-5-3-12(4-6-21)14-9-16(22)19-10-18-14/h8-12H,3-7H2,1-2H3,(H,18,19,22). The van der Waals surface area contributed by atoms with Crippen LogP contribution in [0.15, 0.2) is 27.8 Å². The predicted octanol–water partition coefficient (Wildman–Crippen LogP) is 1.98. The van der Waals surface area contributed by atoms with Gasteiger partial charge in [0.25, 0.3) is 11.5 Å². The Balaban J connectivity index is 1.61. The Morgan fingerprint density at radius 2 is 2.12 bits per heavy atom. The van der Waals surface area contributed by atoms with E-state index in [1.54, 1.807) is 11.0 Å². The van der Waals surface area contributed by atoms with Crippen molar-refractivity contribution in [2.45, 2.75) is 39.0 Å². The first-order valence-corrected chi connectivity index (χ1v) is 8.32. The molecule has 1 saturated heterocycles. The number of aromatic nitrogens is 3. The molecule has 1 amide bonds. The number of hydrogen-bond donors (Lipinski definition) is 1. The zero-order chi connectivity index (χ0) is 17.1. The largest absolute Gasteiger partial charge is 0.351 e. The molecule has 1 N–H and O–H groups in total. The predicted molar refractivity (Wildman–Crippen MR) is 87.8 cm³/mol. The number of rotatable bonds is 4. The lowest BCUT2D eigenvalue weighted by Crippen LogP contribution is -2.38. The summed E-state index contributed by atoms with van der Waals surface area (Å²) in [6, 6.07) is 3.28. The number of carbonyl (C=O) groups excluding carboxylic acids is 1. The van der Waals surface area contributed by atoms with Gasteiger partial charge in [-0.05, 0) is 25.2 Å². The average molecular weight is 330 g/mol. The molecule has 128 valence electrons. The smallest absolute Gasteiger partial charge is 0.292 e. The fourth-order valence-corrected chi connectivity index (χ4v) is 3.07. The third-order valence-corrected chi connectivity index (χ3v) is 4.29. The maximum absolute atomic E-state index is 12.5. The monoisotopic (exact) mass is 330 g/mol. The van der Waals surface area contributed by atoms with Gasteiger partial charge in [0.2, 0.25) is 5.76 Å². The number of likely N-dealkylation sites (tertiary alicyclic amines) is 1. The molecule has 24 heavy (non-hydrogen) atoms. The maximum atomic E-state index is 12.5.